The zero-order valence-corrected chi connectivity index (χ0v) is 12.1. The largest absolute Gasteiger partial charge is 0.388 e. The molecule has 1 unspecified atom stereocenters. The Morgan fingerprint density at radius 3 is 2.55 bits per heavy atom. The van der Waals surface area contributed by atoms with Crippen LogP contribution in [0.4, 0.5) is 5.69 Å². The van der Waals surface area contributed by atoms with Gasteiger partial charge in [-0.05, 0) is 50.5 Å². The smallest absolute Gasteiger partial charge is 0.252 e. The van der Waals surface area contributed by atoms with Crippen molar-refractivity contribution in [3.63, 3.8) is 0 Å². The van der Waals surface area contributed by atoms with Gasteiger partial charge in [-0.15, -0.1) is 0 Å². The van der Waals surface area contributed by atoms with E-state index in [4.69, 9.17) is 0 Å². The Morgan fingerprint density at radius 2 is 2.00 bits per heavy atom. The molecule has 0 radical (unpaired) electrons. The first-order valence-electron chi connectivity index (χ1n) is 6.91. The van der Waals surface area contributed by atoms with Crippen molar-refractivity contribution in [3.05, 3.63) is 29.3 Å². The molecule has 1 aromatic carbocycles. The molecule has 0 aliphatic heterocycles. The van der Waals surface area contributed by atoms with E-state index < -0.39 is 6.04 Å². The molecule has 0 heterocycles. The second-order valence-corrected chi connectivity index (χ2v) is 5.26. The number of amides is 2. The second kappa shape index (κ2) is 5.94. The van der Waals surface area contributed by atoms with Gasteiger partial charge in [0.15, 0.2) is 0 Å². The Labute approximate surface area is 119 Å². The van der Waals surface area contributed by atoms with Gasteiger partial charge in [0.05, 0.1) is 0 Å². The molecule has 108 valence electrons. The first-order valence-corrected chi connectivity index (χ1v) is 6.91. The molecular formula is C15H21N3O2. The minimum Gasteiger partial charge on any atom is -0.388 e. The van der Waals surface area contributed by atoms with E-state index in [1.165, 1.54) is 0 Å². The van der Waals surface area contributed by atoms with Crippen LogP contribution in [-0.4, -0.2) is 30.9 Å². The Kier molecular flexibility index (Phi) is 4.27. The molecule has 0 saturated heterocycles. The molecule has 0 bridgehead atoms. The van der Waals surface area contributed by atoms with Gasteiger partial charge in [-0.1, -0.05) is 0 Å². The van der Waals surface area contributed by atoms with Crippen LogP contribution in [0.1, 0.15) is 35.7 Å². The van der Waals surface area contributed by atoms with Crippen LogP contribution in [0.3, 0.4) is 0 Å². The quantitative estimate of drug-likeness (QED) is 0.761. The van der Waals surface area contributed by atoms with Crippen LogP contribution in [0.2, 0.25) is 0 Å². The lowest BCUT2D eigenvalue weighted by Crippen LogP contribution is -2.45. The lowest BCUT2D eigenvalue weighted by Gasteiger charge is -2.15. The summed E-state index contributed by atoms with van der Waals surface area (Å²) in [6, 6.07) is 5.30. The number of anilines is 1. The first kappa shape index (κ1) is 14.4. The van der Waals surface area contributed by atoms with Crippen molar-refractivity contribution in [2.24, 2.45) is 0 Å². The van der Waals surface area contributed by atoms with Gasteiger partial charge in [-0.2, -0.15) is 0 Å². The molecule has 0 aromatic heterocycles. The number of hydrogen-bond acceptors (Lipinski definition) is 3. The van der Waals surface area contributed by atoms with Crippen LogP contribution in [0, 0.1) is 6.92 Å². The van der Waals surface area contributed by atoms with Crippen molar-refractivity contribution in [2.45, 2.75) is 38.8 Å². The van der Waals surface area contributed by atoms with E-state index in [2.05, 4.69) is 16.0 Å². The molecule has 1 aliphatic carbocycles. The number of rotatable bonds is 5. The molecule has 0 spiro atoms. The molecule has 1 fully saturated rings. The van der Waals surface area contributed by atoms with Gasteiger partial charge in [0.25, 0.3) is 5.91 Å². The van der Waals surface area contributed by atoms with E-state index in [9.17, 15) is 9.59 Å². The summed E-state index contributed by atoms with van der Waals surface area (Å²) in [6.07, 6.45) is 2.08. The zero-order chi connectivity index (χ0) is 14.7. The maximum atomic E-state index is 12.2. The van der Waals surface area contributed by atoms with Gasteiger partial charge in [0, 0.05) is 24.3 Å². The maximum absolute atomic E-state index is 12.2. The fourth-order valence-electron chi connectivity index (χ4n) is 1.97. The Morgan fingerprint density at radius 1 is 1.30 bits per heavy atom. The van der Waals surface area contributed by atoms with Crippen LogP contribution in [0.5, 0.6) is 0 Å². The van der Waals surface area contributed by atoms with Crippen molar-refractivity contribution in [1.29, 1.82) is 0 Å². The third-order valence-corrected chi connectivity index (χ3v) is 3.42. The van der Waals surface area contributed by atoms with Gasteiger partial charge >= 0.3 is 0 Å². The minimum absolute atomic E-state index is 0.120. The molecule has 1 atom stereocenters. The predicted molar refractivity (Wildman–Crippen MR) is 78.8 cm³/mol. The highest BCUT2D eigenvalue weighted by Gasteiger charge is 2.26. The fraction of sp³-hybridized carbons (Fsp3) is 0.467. The Balaban J connectivity index is 1.98. The van der Waals surface area contributed by atoms with Crippen LogP contribution < -0.4 is 16.0 Å². The molecule has 3 N–H and O–H groups in total. The van der Waals surface area contributed by atoms with E-state index in [0.29, 0.717) is 11.6 Å². The molecule has 1 aliphatic rings. The summed E-state index contributed by atoms with van der Waals surface area (Å²) in [4.78, 5) is 24.0. The highest BCUT2D eigenvalue weighted by molar-refractivity contribution is 5.98. The highest BCUT2D eigenvalue weighted by Crippen LogP contribution is 2.18. The fourth-order valence-corrected chi connectivity index (χ4v) is 1.97. The normalized spacial score (nSPS) is 15.3. The average molecular weight is 275 g/mol. The van der Waals surface area contributed by atoms with Crippen LogP contribution in [0.25, 0.3) is 0 Å². The van der Waals surface area contributed by atoms with Crippen molar-refractivity contribution < 1.29 is 9.59 Å². The summed E-state index contributed by atoms with van der Waals surface area (Å²) in [7, 11) is 1.83. The van der Waals surface area contributed by atoms with Crippen molar-refractivity contribution in [1.82, 2.24) is 10.6 Å². The number of hydrogen-bond donors (Lipinski definition) is 3. The SMILES string of the molecule is CNc1ccc(C(=O)NC(C)C(=O)NC2CC2)c(C)c1. The van der Waals surface area contributed by atoms with E-state index >= 15 is 0 Å². The monoisotopic (exact) mass is 275 g/mol. The third kappa shape index (κ3) is 3.50. The average Bonchev–Trinajstić information content (AvgIpc) is 3.22. The molecule has 2 amide bonds. The van der Waals surface area contributed by atoms with Gasteiger partial charge in [0.1, 0.15) is 6.04 Å². The van der Waals surface area contributed by atoms with Gasteiger partial charge in [-0.25, -0.2) is 0 Å². The van der Waals surface area contributed by atoms with E-state index in [0.717, 1.165) is 24.1 Å². The van der Waals surface area contributed by atoms with Crippen LogP contribution >= 0.6 is 0 Å². The molecule has 1 saturated carbocycles. The maximum Gasteiger partial charge on any atom is 0.252 e. The summed E-state index contributed by atoms with van der Waals surface area (Å²) >= 11 is 0. The highest BCUT2D eigenvalue weighted by atomic mass is 16.2. The van der Waals surface area contributed by atoms with Crippen molar-refractivity contribution in [3.8, 4) is 0 Å². The number of aryl methyl sites for hydroxylation is 1. The zero-order valence-electron chi connectivity index (χ0n) is 12.1. The molecule has 1 aromatic rings. The molecule has 5 nitrogen and oxygen atoms in total. The van der Waals surface area contributed by atoms with Gasteiger partial charge in [-0.3, -0.25) is 9.59 Å². The summed E-state index contributed by atoms with van der Waals surface area (Å²) < 4.78 is 0. The van der Waals surface area contributed by atoms with Crippen molar-refractivity contribution >= 4 is 17.5 Å². The third-order valence-electron chi connectivity index (χ3n) is 3.42. The van der Waals surface area contributed by atoms with E-state index in [1.54, 1.807) is 13.0 Å². The topological polar surface area (TPSA) is 70.2 Å². The lowest BCUT2D eigenvalue weighted by atomic mass is 10.1. The molecular weight excluding hydrogens is 254 g/mol. The van der Waals surface area contributed by atoms with E-state index in [1.807, 2.05) is 26.1 Å². The molecule has 20 heavy (non-hydrogen) atoms. The summed E-state index contributed by atoms with van der Waals surface area (Å²) in [5.74, 6) is -0.339. The lowest BCUT2D eigenvalue weighted by molar-refractivity contribution is -0.122. The van der Waals surface area contributed by atoms with Crippen molar-refractivity contribution in [2.75, 3.05) is 12.4 Å². The van der Waals surface area contributed by atoms with Gasteiger partial charge < -0.3 is 16.0 Å². The Bertz CT molecular complexity index is 524. The van der Waals surface area contributed by atoms with E-state index in [-0.39, 0.29) is 11.8 Å². The summed E-state index contributed by atoms with van der Waals surface area (Å²) in [5, 5.41) is 8.64. The Hall–Kier alpha value is -2.04. The number of benzene rings is 1. The number of carbonyl (C=O) groups is 2. The molecule has 5 heteroatoms. The summed E-state index contributed by atoms with van der Waals surface area (Å²) in [6.45, 7) is 3.58. The standard InChI is InChI=1S/C15H21N3O2/c1-9-8-12(16-3)6-7-13(9)15(20)17-10(2)14(19)18-11-4-5-11/h6-8,10-11,16H,4-5H2,1-3H3,(H,17,20)(H,18,19). The van der Waals surface area contributed by atoms with Crippen LogP contribution in [0.15, 0.2) is 18.2 Å². The van der Waals surface area contributed by atoms with Crippen LogP contribution in [-0.2, 0) is 4.79 Å². The second-order valence-electron chi connectivity index (χ2n) is 5.26. The van der Waals surface area contributed by atoms with Gasteiger partial charge in [0.2, 0.25) is 5.91 Å². The summed E-state index contributed by atoms with van der Waals surface area (Å²) in [5.41, 5.74) is 2.43. The minimum atomic E-state index is -0.522. The first-order chi connectivity index (χ1) is 9.51. The number of nitrogens with one attached hydrogen (secondary N) is 3. The predicted octanol–water partition coefficient (Wildman–Crippen LogP) is 1.43. The molecule has 2 rings (SSSR count). The number of carbonyl (C=O) groups excluding carboxylic acids is 2.